The molecule has 0 radical (unpaired) electrons. The largest absolute Gasteiger partial charge is 0.355 e. The highest BCUT2D eigenvalue weighted by Crippen LogP contribution is 2.25. The molecule has 0 aromatic rings. The van der Waals surface area contributed by atoms with Crippen LogP contribution in [0.2, 0.25) is 0 Å². The van der Waals surface area contributed by atoms with Crippen LogP contribution in [0.15, 0.2) is 0 Å². The minimum atomic E-state index is 0.0492. The second-order valence-electron chi connectivity index (χ2n) is 5.63. The monoisotopic (exact) mass is 259 g/mol. The van der Waals surface area contributed by atoms with Gasteiger partial charge in [-0.05, 0) is 24.7 Å². The Bertz CT molecular complexity index is 222. The number of carbonyl (C=O) groups excluding carboxylic acids is 1. The molecule has 1 atom stereocenters. The van der Waals surface area contributed by atoms with Crippen LogP contribution in [0, 0.1) is 11.8 Å². The van der Waals surface area contributed by atoms with Gasteiger partial charge in [0, 0.05) is 13.0 Å². The predicted octanol–water partition coefficient (Wildman–Crippen LogP) is 3.73. The molecule has 17 heavy (non-hydrogen) atoms. The summed E-state index contributed by atoms with van der Waals surface area (Å²) in [4.78, 5) is 11.8. The zero-order valence-electron chi connectivity index (χ0n) is 11.2. The van der Waals surface area contributed by atoms with E-state index in [2.05, 4.69) is 19.2 Å². The molecule has 1 saturated carbocycles. The average Bonchev–Trinajstić information content (AvgIpc) is 2.54. The molecule has 0 saturated heterocycles. The van der Waals surface area contributed by atoms with Gasteiger partial charge < -0.3 is 5.32 Å². The van der Waals surface area contributed by atoms with Crippen molar-refractivity contribution in [2.24, 2.45) is 11.8 Å². The fraction of sp³-hybridized carbons (Fsp3) is 0.929. The van der Waals surface area contributed by atoms with Gasteiger partial charge >= 0.3 is 0 Å². The quantitative estimate of drug-likeness (QED) is 0.592. The minimum Gasteiger partial charge on any atom is -0.355 e. The maximum absolute atomic E-state index is 11.8. The van der Waals surface area contributed by atoms with E-state index in [0.717, 1.165) is 0 Å². The molecule has 1 aliphatic carbocycles. The summed E-state index contributed by atoms with van der Waals surface area (Å²) in [5, 5.41) is 3.01. The summed E-state index contributed by atoms with van der Waals surface area (Å²) in [5.74, 6) is 1.20. The Morgan fingerprint density at radius 3 is 2.35 bits per heavy atom. The van der Waals surface area contributed by atoms with Crippen LogP contribution in [0.5, 0.6) is 0 Å². The second kappa shape index (κ2) is 7.97. The lowest BCUT2D eigenvalue weighted by atomic mass is 9.96. The molecule has 2 nitrogen and oxygen atoms in total. The van der Waals surface area contributed by atoms with Crippen LogP contribution < -0.4 is 5.32 Å². The third kappa shape index (κ3) is 6.30. The van der Waals surface area contributed by atoms with Gasteiger partial charge in [-0.2, -0.15) is 0 Å². The minimum absolute atomic E-state index is 0.0492. The van der Waals surface area contributed by atoms with E-state index >= 15 is 0 Å². The molecular weight excluding hydrogens is 234 g/mol. The van der Waals surface area contributed by atoms with Gasteiger partial charge in [0.2, 0.25) is 5.91 Å². The number of alkyl halides is 1. The highest BCUT2D eigenvalue weighted by atomic mass is 35.5. The van der Waals surface area contributed by atoms with Gasteiger partial charge in [0.05, 0.1) is 5.38 Å². The molecule has 100 valence electrons. The fourth-order valence-corrected chi connectivity index (χ4v) is 2.43. The molecule has 3 heteroatoms. The van der Waals surface area contributed by atoms with E-state index in [0.29, 0.717) is 24.8 Å². The van der Waals surface area contributed by atoms with Crippen LogP contribution in [0.3, 0.4) is 0 Å². The lowest BCUT2D eigenvalue weighted by Gasteiger charge is -2.16. The van der Waals surface area contributed by atoms with Gasteiger partial charge in [-0.25, -0.2) is 0 Å². The Morgan fingerprint density at radius 2 is 1.82 bits per heavy atom. The topological polar surface area (TPSA) is 29.1 Å². The van der Waals surface area contributed by atoms with E-state index < -0.39 is 0 Å². The second-order valence-corrected chi connectivity index (χ2v) is 6.19. The van der Waals surface area contributed by atoms with Gasteiger partial charge in [-0.3, -0.25) is 4.79 Å². The molecule has 1 fully saturated rings. The molecule has 0 aromatic carbocycles. The summed E-state index contributed by atoms with van der Waals surface area (Å²) in [7, 11) is 0. The molecular formula is C14H26ClNO. The average molecular weight is 260 g/mol. The van der Waals surface area contributed by atoms with E-state index in [1.165, 1.54) is 38.5 Å². The number of rotatable bonds is 5. The first-order valence-corrected chi connectivity index (χ1v) is 7.44. The Hall–Kier alpha value is -0.240. The van der Waals surface area contributed by atoms with Crippen molar-refractivity contribution in [2.75, 3.05) is 6.54 Å². The number of nitrogens with one attached hydrogen (secondary N) is 1. The van der Waals surface area contributed by atoms with Crippen LogP contribution in [0.1, 0.15) is 58.8 Å². The predicted molar refractivity (Wildman–Crippen MR) is 73.3 cm³/mol. The summed E-state index contributed by atoms with van der Waals surface area (Å²) in [6, 6.07) is 0. The van der Waals surface area contributed by atoms with E-state index in [1.807, 2.05) is 0 Å². The zero-order valence-corrected chi connectivity index (χ0v) is 11.9. The highest BCUT2D eigenvalue weighted by Gasteiger charge is 2.17. The summed E-state index contributed by atoms with van der Waals surface area (Å²) in [6.45, 7) is 4.76. The van der Waals surface area contributed by atoms with E-state index in [4.69, 9.17) is 11.6 Å². The van der Waals surface area contributed by atoms with Crippen molar-refractivity contribution >= 4 is 17.5 Å². The van der Waals surface area contributed by atoms with Gasteiger partial charge in [-0.15, -0.1) is 11.6 Å². The van der Waals surface area contributed by atoms with E-state index in [9.17, 15) is 4.79 Å². The zero-order chi connectivity index (χ0) is 12.7. The number of halogens is 1. The maximum atomic E-state index is 11.8. The Morgan fingerprint density at radius 1 is 1.24 bits per heavy atom. The summed E-state index contributed by atoms with van der Waals surface area (Å²) < 4.78 is 0. The molecule has 0 bridgehead atoms. The van der Waals surface area contributed by atoms with Crippen molar-refractivity contribution in [1.29, 1.82) is 0 Å². The number of carbonyl (C=O) groups is 1. The maximum Gasteiger partial charge on any atom is 0.220 e. The highest BCUT2D eigenvalue weighted by molar-refractivity contribution is 6.21. The normalized spacial score (nSPS) is 20.0. The third-order valence-corrected chi connectivity index (χ3v) is 4.32. The molecule has 1 aliphatic rings. The molecule has 1 N–H and O–H groups in total. The fourth-order valence-electron chi connectivity index (χ4n) is 2.35. The van der Waals surface area contributed by atoms with Crippen molar-refractivity contribution < 1.29 is 4.79 Å². The standard InChI is InChI=1S/C14H26ClNO/c1-11(2)13(15)10-16-14(17)9-12-7-5-3-4-6-8-12/h11-13H,3-10H2,1-2H3,(H,16,17). The molecule has 1 amide bonds. The van der Waals surface area contributed by atoms with Crippen molar-refractivity contribution in [3.05, 3.63) is 0 Å². The van der Waals surface area contributed by atoms with E-state index in [1.54, 1.807) is 0 Å². The first-order valence-electron chi connectivity index (χ1n) is 7.00. The summed E-state index contributed by atoms with van der Waals surface area (Å²) in [6.07, 6.45) is 8.42. The van der Waals surface area contributed by atoms with E-state index in [-0.39, 0.29) is 11.3 Å². The van der Waals surface area contributed by atoms with Crippen LogP contribution in [0.25, 0.3) is 0 Å². The molecule has 0 aromatic heterocycles. The lowest BCUT2D eigenvalue weighted by Crippen LogP contribution is -2.33. The van der Waals surface area contributed by atoms with Gasteiger partial charge in [0.1, 0.15) is 0 Å². The van der Waals surface area contributed by atoms with Crippen molar-refractivity contribution in [3.8, 4) is 0 Å². The lowest BCUT2D eigenvalue weighted by molar-refractivity contribution is -0.122. The SMILES string of the molecule is CC(C)C(Cl)CNC(=O)CC1CCCCCC1. The van der Waals surface area contributed by atoms with Gasteiger partial charge in [-0.1, -0.05) is 39.5 Å². The molecule has 0 heterocycles. The molecule has 0 aliphatic heterocycles. The summed E-state index contributed by atoms with van der Waals surface area (Å²) >= 11 is 6.11. The summed E-state index contributed by atoms with van der Waals surface area (Å²) in [5.41, 5.74) is 0. The van der Waals surface area contributed by atoms with Crippen molar-refractivity contribution in [1.82, 2.24) is 5.32 Å². The molecule has 0 spiro atoms. The first-order chi connectivity index (χ1) is 8.09. The van der Waals surface area contributed by atoms with Crippen molar-refractivity contribution in [2.45, 2.75) is 64.2 Å². The number of hydrogen-bond donors (Lipinski definition) is 1. The van der Waals surface area contributed by atoms with Crippen LogP contribution in [-0.4, -0.2) is 17.8 Å². The number of hydrogen-bond acceptors (Lipinski definition) is 1. The van der Waals surface area contributed by atoms with Crippen LogP contribution >= 0.6 is 11.6 Å². The third-order valence-electron chi connectivity index (χ3n) is 3.67. The van der Waals surface area contributed by atoms with Gasteiger partial charge in [0.25, 0.3) is 0 Å². The molecule has 1 unspecified atom stereocenters. The number of amides is 1. The van der Waals surface area contributed by atoms with Gasteiger partial charge in [0.15, 0.2) is 0 Å². The van der Waals surface area contributed by atoms with Crippen LogP contribution in [-0.2, 0) is 4.79 Å². The van der Waals surface area contributed by atoms with Crippen molar-refractivity contribution in [3.63, 3.8) is 0 Å². The Labute approximate surface area is 110 Å². The smallest absolute Gasteiger partial charge is 0.220 e. The molecule has 1 rings (SSSR count). The Kier molecular flexibility index (Phi) is 6.94. The van der Waals surface area contributed by atoms with Crippen LogP contribution in [0.4, 0.5) is 0 Å². The first kappa shape index (κ1) is 14.8. The Balaban J connectivity index is 2.19.